The number of fused-ring (bicyclic) bond motifs is 6. The van der Waals surface area contributed by atoms with Gasteiger partial charge in [-0.2, -0.15) is 0 Å². The standard InChI is InChI=1S/C36H18N6/c1-39-31(19-37)35-27-15-21-9-11-24(30-8-4-6-14-42-30)18-26(21)34(27)36(32(20-38)40-2)28-16-22-10-12-23(17-25(22)33(28)35)29-7-3-5-13-41-29/h3-14,17-18H,15-16H2/b35-31-,36-32+. The van der Waals surface area contributed by atoms with Crippen molar-refractivity contribution in [3.63, 3.8) is 0 Å². The van der Waals surface area contributed by atoms with Crippen LogP contribution in [0.1, 0.15) is 22.3 Å². The Kier molecular flexibility index (Phi) is 5.69. The molecule has 0 unspecified atom stereocenters. The van der Waals surface area contributed by atoms with Crippen LogP contribution in [0.5, 0.6) is 0 Å². The van der Waals surface area contributed by atoms with E-state index in [2.05, 4.69) is 31.8 Å². The molecule has 2 aliphatic rings. The maximum atomic E-state index is 10.2. The molecule has 42 heavy (non-hydrogen) atoms. The van der Waals surface area contributed by atoms with Crippen LogP contribution in [-0.2, 0) is 12.8 Å². The molecular formula is C36H18N6. The van der Waals surface area contributed by atoms with Gasteiger partial charge in [0.05, 0.1) is 36.7 Å². The highest BCUT2D eigenvalue weighted by molar-refractivity contribution is 5.94. The molecule has 5 aromatic rings. The van der Waals surface area contributed by atoms with Gasteiger partial charge in [0, 0.05) is 34.0 Å². The lowest BCUT2D eigenvalue weighted by Crippen LogP contribution is -2.25. The molecule has 192 valence electrons. The Morgan fingerprint density at radius 3 is 1.45 bits per heavy atom. The average molecular weight is 535 g/mol. The molecule has 2 aliphatic carbocycles. The molecule has 0 bridgehead atoms. The molecule has 0 saturated carbocycles. The highest BCUT2D eigenvalue weighted by Gasteiger charge is 2.32. The minimum Gasteiger partial charge on any atom is -0.256 e. The summed E-state index contributed by atoms with van der Waals surface area (Å²) >= 11 is 0. The van der Waals surface area contributed by atoms with E-state index < -0.39 is 0 Å². The fourth-order valence-electron chi connectivity index (χ4n) is 6.29. The summed E-state index contributed by atoms with van der Waals surface area (Å²) in [6.07, 6.45) is 4.45. The van der Waals surface area contributed by atoms with Crippen molar-refractivity contribution in [2.24, 2.45) is 0 Å². The molecule has 3 aromatic carbocycles. The van der Waals surface area contributed by atoms with E-state index in [-0.39, 0.29) is 11.4 Å². The van der Waals surface area contributed by atoms with Crippen molar-refractivity contribution in [3.05, 3.63) is 141 Å². The van der Waals surface area contributed by atoms with Crippen molar-refractivity contribution in [2.75, 3.05) is 0 Å². The predicted octanol–water partition coefficient (Wildman–Crippen LogP) is 6.06. The summed E-state index contributed by atoms with van der Waals surface area (Å²) in [5.41, 5.74) is 10.4. The molecule has 6 nitrogen and oxygen atoms in total. The summed E-state index contributed by atoms with van der Waals surface area (Å²) in [4.78, 5) is 16.4. The van der Waals surface area contributed by atoms with E-state index in [1.54, 1.807) is 12.4 Å². The lowest BCUT2D eigenvalue weighted by atomic mass is 9.89. The van der Waals surface area contributed by atoms with Gasteiger partial charge in [0.15, 0.2) is 0 Å². The van der Waals surface area contributed by atoms with Crippen LogP contribution in [0.3, 0.4) is 0 Å². The fourth-order valence-corrected chi connectivity index (χ4v) is 6.29. The molecule has 0 aliphatic heterocycles. The van der Waals surface area contributed by atoms with E-state index in [1.807, 2.05) is 72.8 Å². The third-order valence-corrected chi connectivity index (χ3v) is 8.03. The second kappa shape index (κ2) is 9.69. The van der Waals surface area contributed by atoms with Gasteiger partial charge in [-0.1, -0.05) is 36.4 Å². The largest absolute Gasteiger partial charge is 0.269 e. The zero-order valence-corrected chi connectivity index (χ0v) is 22.2. The molecule has 0 fully saturated rings. The fraction of sp³-hybridized carbons (Fsp3) is 0.0556. The molecular weight excluding hydrogens is 516 g/mol. The van der Waals surface area contributed by atoms with E-state index in [1.165, 1.54) is 0 Å². The van der Waals surface area contributed by atoms with Crippen molar-refractivity contribution in [2.45, 2.75) is 12.8 Å². The van der Waals surface area contributed by atoms with Gasteiger partial charge in [-0.25, -0.2) is 20.2 Å². The Bertz CT molecular complexity index is 2080. The maximum Gasteiger partial charge on any atom is 0.269 e. The first-order valence-corrected chi connectivity index (χ1v) is 13.3. The van der Waals surface area contributed by atoms with Crippen LogP contribution >= 0.6 is 0 Å². The SMILES string of the molecule is [C-]#[N+]/C(C#N)=c1/c2c(/c(=C(\C#N)[N+]#[C-])c3c1-c1cc(-c4ccccn4)ccc1C3)-c1cc(-c3ccccn3)ccc1C2. The lowest BCUT2D eigenvalue weighted by molar-refractivity contribution is 1.20. The van der Waals surface area contributed by atoms with Crippen LogP contribution < -0.4 is 10.4 Å². The number of rotatable bonds is 2. The average Bonchev–Trinajstić information content (AvgIpc) is 3.61. The Balaban J connectivity index is 1.63. The molecule has 0 N–H and O–H groups in total. The van der Waals surface area contributed by atoms with E-state index in [4.69, 9.17) is 13.1 Å². The zero-order valence-electron chi connectivity index (χ0n) is 22.2. The Labute approximate surface area is 242 Å². The number of aromatic nitrogens is 2. The Morgan fingerprint density at radius 2 is 1.10 bits per heavy atom. The third-order valence-electron chi connectivity index (χ3n) is 8.03. The molecule has 0 saturated heterocycles. The molecule has 0 radical (unpaired) electrons. The van der Waals surface area contributed by atoms with Gasteiger partial charge in [-0.3, -0.25) is 9.97 Å². The van der Waals surface area contributed by atoms with E-state index in [9.17, 15) is 10.5 Å². The molecule has 0 spiro atoms. The smallest absolute Gasteiger partial charge is 0.256 e. The quantitative estimate of drug-likeness (QED) is 0.253. The highest BCUT2D eigenvalue weighted by atomic mass is 14.7. The van der Waals surface area contributed by atoms with Crippen molar-refractivity contribution in [1.29, 1.82) is 10.5 Å². The Morgan fingerprint density at radius 1 is 0.643 bits per heavy atom. The second-order valence-electron chi connectivity index (χ2n) is 10.1. The third kappa shape index (κ3) is 3.61. The molecule has 0 atom stereocenters. The van der Waals surface area contributed by atoms with Crippen molar-refractivity contribution < 1.29 is 0 Å². The van der Waals surface area contributed by atoms with Gasteiger partial charge in [-0.15, -0.1) is 0 Å². The van der Waals surface area contributed by atoms with Crippen molar-refractivity contribution >= 4 is 11.4 Å². The number of benzene rings is 3. The van der Waals surface area contributed by atoms with Crippen LogP contribution in [0.25, 0.3) is 65.9 Å². The summed E-state index contributed by atoms with van der Waals surface area (Å²) in [6, 6.07) is 28.0. The van der Waals surface area contributed by atoms with Gasteiger partial charge in [-0.05, 0) is 93.7 Å². The topological polar surface area (TPSA) is 82.1 Å². The molecule has 2 heterocycles. The van der Waals surface area contributed by atoms with Crippen LogP contribution in [0, 0.1) is 35.8 Å². The Hall–Kier alpha value is -6.34. The predicted molar refractivity (Wildman–Crippen MR) is 160 cm³/mol. The van der Waals surface area contributed by atoms with Crippen LogP contribution in [0.2, 0.25) is 0 Å². The summed E-state index contributed by atoms with van der Waals surface area (Å²) in [5.74, 6) is 0. The number of nitriles is 2. The summed E-state index contributed by atoms with van der Waals surface area (Å²) in [5, 5.41) is 21.5. The van der Waals surface area contributed by atoms with Crippen LogP contribution in [-0.4, -0.2) is 9.97 Å². The molecule has 2 aromatic heterocycles. The monoisotopic (exact) mass is 534 g/mol. The van der Waals surface area contributed by atoms with Crippen molar-refractivity contribution in [1.82, 2.24) is 9.97 Å². The van der Waals surface area contributed by atoms with Crippen LogP contribution in [0.15, 0.2) is 85.2 Å². The number of hydrogen-bond donors (Lipinski definition) is 0. The van der Waals surface area contributed by atoms with Gasteiger partial charge in [0.25, 0.3) is 11.4 Å². The minimum absolute atomic E-state index is 0.00390. The van der Waals surface area contributed by atoms with Crippen molar-refractivity contribution in [3.8, 4) is 56.9 Å². The zero-order chi connectivity index (χ0) is 28.8. The van der Waals surface area contributed by atoms with Crippen LogP contribution in [0.4, 0.5) is 0 Å². The second-order valence-corrected chi connectivity index (χ2v) is 10.1. The minimum atomic E-state index is 0.00390. The first-order valence-electron chi connectivity index (χ1n) is 13.3. The number of hydrogen-bond acceptors (Lipinski definition) is 4. The number of pyridine rings is 2. The highest BCUT2D eigenvalue weighted by Crippen LogP contribution is 2.42. The summed E-state index contributed by atoms with van der Waals surface area (Å²) in [7, 11) is 0. The van der Waals surface area contributed by atoms with Gasteiger partial charge < -0.3 is 0 Å². The van der Waals surface area contributed by atoms with Gasteiger partial charge in [0.2, 0.25) is 0 Å². The lowest BCUT2D eigenvalue weighted by Gasteiger charge is -2.14. The van der Waals surface area contributed by atoms with E-state index >= 15 is 0 Å². The first kappa shape index (κ1) is 24.7. The van der Waals surface area contributed by atoms with Gasteiger partial charge in [0.1, 0.15) is 0 Å². The normalized spacial score (nSPS) is 13.2. The van der Waals surface area contributed by atoms with Gasteiger partial charge >= 0.3 is 0 Å². The van der Waals surface area contributed by atoms with E-state index in [0.29, 0.717) is 23.3 Å². The number of nitrogens with zero attached hydrogens (tertiary/aromatic N) is 6. The van der Waals surface area contributed by atoms with E-state index in [0.717, 1.165) is 67.0 Å². The first-order chi connectivity index (χ1) is 20.7. The maximum absolute atomic E-state index is 10.2. The molecule has 6 heteroatoms. The molecule has 0 amide bonds. The summed E-state index contributed by atoms with van der Waals surface area (Å²) < 4.78 is 0. The summed E-state index contributed by atoms with van der Waals surface area (Å²) in [6.45, 7) is 15.9. The molecule has 7 rings (SSSR count).